The Labute approximate surface area is 251 Å². The molecule has 4 aromatic rings. The van der Waals surface area contributed by atoms with Gasteiger partial charge in [-0.25, -0.2) is 0 Å². The molecule has 4 rings (SSSR count). The molecule has 0 radical (unpaired) electrons. The van der Waals surface area contributed by atoms with Gasteiger partial charge in [-0.2, -0.15) is 13.8 Å². The third kappa shape index (κ3) is 7.37. The van der Waals surface area contributed by atoms with Gasteiger partial charge in [0.05, 0.1) is 18.8 Å². The second-order valence-electron chi connectivity index (χ2n) is 8.87. The minimum atomic E-state index is -5.24. The van der Waals surface area contributed by atoms with E-state index in [-0.39, 0.29) is 23.5 Å². The van der Waals surface area contributed by atoms with Gasteiger partial charge in [-0.1, -0.05) is 78.3 Å². The molecule has 0 bridgehead atoms. The van der Waals surface area contributed by atoms with Crippen molar-refractivity contribution in [3.63, 3.8) is 0 Å². The summed E-state index contributed by atoms with van der Waals surface area (Å²) < 4.78 is 48.2. The molecule has 1 N–H and O–H groups in total. The van der Waals surface area contributed by atoms with Crippen molar-refractivity contribution in [1.82, 2.24) is 4.57 Å². The number of rotatable bonds is 8. The Bertz CT molecular complexity index is 1640. The van der Waals surface area contributed by atoms with Crippen molar-refractivity contribution in [2.24, 2.45) is 4.99 Å². The highest BCUT2D eigenvalue weighted by atomic mass is 79.9. The first-order chi connectivity index (χ1) is 19.4. The molecule has 0 saturated heterocycles. The minimum Gasteiger partial charge on any atom is -0.320 e. The molecule has 3 aromatic carbocycles. The van der Waals surface area contributed by atoms with Gasteiger partial charge < -0.3 is 14.0 Å². The fraction of sp³-hybridized carbons (Fsp3) is 0.267. The molecule has 0 fully saturated rings. The van der Waals surface area contributed by atoms with Gasteiger partial charge in [0, 0.05) is 21.0 Å². The summed E-state index contributed by atoms with van der Waals surface area (Å²) in [7, 11) is -5.24. The molecule has 0 aliphatic heterocycles. The zero-order valence-corrected chi connectivity index (χ0v) is 26.7. The Hall–Kier alpha value is -2.75. The molecule has 11 heteroatoms. The SMILES string of the molecule is CC.CCOP(=O)(O)C(F)(F)c1ccc(Cn2c(-c3ccccc3)csc2=NC(=O)c2ccc(C)c(C)c2)cc1Br. The lowest BCUT2D eigenvalue weighted by atomic mass is 10.1. The Morgan fingerprint density at radius 3 is 2.37 bits per heavy atom. The monoisotopic (exact) mass is 664 g/mol. The molecule has 41 heavy (non-hydrogen) atoms. The number of carbonyl (C=O) groups excluding carboxylic acids is 1. The largest absolute Gasteiger partial charge is 0.401 e. The van der Waals surface area contributed by atoms with Crippen molar-refractivity contribution >= 4 is 40.8 Å². The van der Waals surface area contributed by atoms with E-state index in [4.69, 9.17) is 0 Å². The van der Waals surface area contributed by atoms with Crippen molar-refractivity contribution in [2.45, 2.75) is 46.8 Å². The highest BCUT2D eigenvalue weighted by Gasteiger charge is 2.53. The van der Waals surface area contributed by atoms with Crippen LogP contribution in [-0.4, -0.2) is 22.0 Å². The molecule has 1 aromatic heterocycles. The number of benzene rings is 3. The van der Waals surface area contributed by atoms with Gasteiger partial charge in [0.25, 0.3) is 5.91 Å². The summed E-state index contributed by atoms with van der Waals surface area (Å²) in [6, 6.07) is 19.0. The van der Waals surface area contributed by atoms with Gasteiger partial charge in [-0.05, 0) is 61.2 Å². The maximum absolute atomic E-state index is 14.9. The van der Waals surface area contributed by atoms with Gasteiger partial charge in [0.15, 0.2) is 4.80 Å². The average molecular weight is 666 g/mol. The summed E-state index contributed by atoms with van der Waals surface area (Å²) in [4.78, 5) is 27.7. The summed E-state index contributed by atoms with van der Waals surface area (Å²) in [6.45, 7) is 9.14. The van der Waals surface area contributed by atoms with E-state index in [2.05, 4.69) is 25.4 Å². The molecule has 6 nitrogen and oxygen atoms in total. The van der Waals surface area contributed by atoms with Crippen molar-refractivity contribution in [3.05, 3.63) is 109 Å². The van der Waals surface area contributed by atoms with E-state index in [1.54, 1.807) is 12.1 Å². The van der Waals surface area contributed by atoms with Crippen molar-refractivity contribution < 1.29 is 27.6 Å². The zero-order chi connectivity index (χ0) is 30.4. The van der Waals surface area contributed by atoms with Gasteiger partial charge in [-0.3, -0.25) is 9.36 Å². The van der Waals surface area contributed by atoms with Gasteiger partial charge >= 0.3 is 13.3 Å². The number of hydrogen-bond donors (Lipinski definition) is 1. The predicted molar refractivity (Wildman–Crippen MR) is 163 cm³/mol. The van der Waals surface area contributed by atoms with Crippen LogP contribution in [0, 0.1) is 13.8 Å². The smallest absolute Gasteiger partial charge is 0.320 e. The second-order valence-corrected chi connectivity index (χ2v) is 12.4. The third-order valence-corrected chi connectivity index (χ3v) is 9.25. The Kier molecular flexibility index (Phi) is 11.1. The lowest BCUT2D eigenvalue weighted by molar-refractivity contribution is 0.0459. The Morgan fingerprint density at radius 2 is 1.76 bits per heavy atom. The molecule has 1 atom stereocenters. The molecule has 0 aliphatic carbocycles. The molecule has 1 amide bonds. The van der Waals surface area contributed by atoms with Crippen molar-refractivity contribution in [1.29, 1.82) is 0 Å². The standard InChI is InChI=1S/C28H26BrF2N2O4PS.C2H6/c1-4-37-38(35,36)28(30,31)23-13-11-20(15-24(23)29)16-33-25(21-8-6-5-7-9-21)17-39-27(33)32-26(34)22-12-10-18(2)19(3)14-22;1-2/h5-15,17H,4,16H2,1-3H3,(H,35,36);1-2H3. The third-order valence-electron chi connectivity index (χ3n) is 6.18. The number of nitrogens with zero attached hydrogens (tertiary/aromatic N) is 2. The average Bonchev–Trinajstić information content (AvgIpc) is 3.33. The second kappa shape index (κ2) is 13.9. The number of thiazole rings is 1. The van der Waals surface area contributed by atoms with Crippen LogP contribution in [0.1, 0.15) is 53.4 Å². The van der Waals surface area contributed by atoms with E-state index in [1.807, 2.05) is 74.0 Å². The summed E-state index contributed by atoms with van der Waals surface area (Å²) in [5.74, 6) is -0.390. The number of aromatic nitrogens is 1. The molecule has 218 valence electrons. The van der Waals surface area contributed by atoms with Crippen molar-refractivity contribution in [2.75, 3.05) is 6.61 Å². The molecule has 0 aliphatic rings. The molecular formula is C30H32BrF2N2O4PS. The van der Waals surface area contributed by atoms with E-state index in [0.29, 0.717) is 15.9 Å². The number of aryl methyl sites for hydroxylation is 2. The quantitative estimate of drug-likeness (QED) is 0.191. The van der Waals surface area contributed by atoms with Crippen molar-refractivity contribution in [3.8, 4) is 11.3 Å². The molecule has 0 saturated carbocycles. The first-order valence-corrected chi connectivity index (χ1v) is 16.2. The van der Waals surface area contributed by atoms with E-state index < -0.39 is 18.8 Å². The highest BCUT2D eigenvalue weighted by Crippen LogP contribution is 2.64. The maximum Gasteiger partial charge on any atom is 0.401 e. The lowest BCUT2D eigenvalue weighted by Gasteiger charge is -2.23. The summed E-state index contributed by atoms with van der Waals surface area (Å²) >= 11 is 4.44. The summed E-state index contributed by atoms with van der Waals surface area (Å²) in [6.07, 6.45) is 0. The van der Waals surface area contributed by atoms with Crippen LogP contribution in [0.25, 0.3) is 11.3 Å². The van der Waals surface area contributed by atoms with Crippen LogP contribution >= 0.6 is 34.9 Å². The van der Waals surface area contributed by atoms with Crippen LogP contribution in [0.4, 0.5) is 8.78 Å². The highest BCUT2D eigenvalue weighted by molar-refractivity contribution is 9.10. The van der Waals surface area contributed by atoms with Gasteiger partial charge in [0.2, 0.25) is 0 Å². The first kappa shape index (κ1) is 32.8. The summed E-state index contributed by atoms with van der Waals surface area (Å²) in [5, 5.41) is 1.89. The van der Waals surface area contributed by atoms with E-state index in [1.165, 1.54) is 30.4 Å². The van der Waals surface area contributed by atoms with Crippen LogP contribution in [0.2, 0.25) is 0 Å². The number of carbonyl (C=O) groups is 1. The lowest BCUT2D eigenvalue weighted by Crippen LogP contribution is -2.20. The minimum absolute atomic E-state index is 0.0410. The van der Waals surface area contributed by atoms with E-state index in [9.17, 15) is 23.0 Å². The number of amides is 1. The summed E-state index contributed by atoms with van der Waals surface area (Å²) in [5.41, 5.74) is 0.0742. The maximum atomic E-state index is 14.9. The van der Waals surface area contributed by atoms with Crippen LogP contribution in [0.5, 0.6) is 0 Å². The Morgan fingerprint density at radius 1 is 1.07 bits per heavy atom. The van der Waals surface area contributed by atoms with Crippen LogP contribution < -0.4 is 4.80 Å². The molecule has 0 spiro atoms. The topological polar surface area (TPSA) is 80.9 Å². The fourth-order valence-electron chi connectivity index (χ4n) is 3.93. The predicted octanol–water partition coefficient (Wildman–Crippen LogP) is 8.68. The normalized spacial score (nSPS) is 13.3. The van der Waals surface area contributed by atoms with Crippen LogP contribution in [0.3, 0.4) is 0 Å². The molecular weight excluding hydrogens is 633 g/mol. The molecule has 1 unspecified atom stereocenters. The first-order valence-electron chi connectivity index (χ1n) is 13.0. The Balaban J connectivity index is 0.00000226. The van der Waals surface area contributed by atoms with Crippen LogP contribution in [-0.2, 0) is 21.3 Å². The fourth-order valence-corrected chi connectivity index (χ4v) is 6.67. The van der Waals surface area contributed by atoms with Gasteiger partial charge in [0.1, 0.15) is 0 Å². The number of hydrogen-bond acceptors (Lipinski definition) is 4. The van der Waals surface area contributed by atoms with Gasteiger partial charge in [-0.15, -0.1) is 11.3 Å². The van der Waals surface area contributed by atoms with E-state index in [0.717, 1.165) is 28.5 Å². The molecule has 1 heterocycles. The zero-order valence-electron chi connectivity index (χ0n) is 23.4. The van der Waals surface area contributed by atoms with Crippen LogP contribution in [0.15, 0.2) is 81.6 Å². The van der Waals surface area contributed by atoms with E-state index >= 15 is 0 Å². The number of alkyl halides is 2. The number of halogens is 3.